The van der Waals surface area contributed by atoms with E-state index in [9.17, 15) is 4.39 Å². The first-order valence-corrected chi connectivity index (χ1v) is 6.09. The van der Waals surface area contributed by atoms with Crippen LogP contribution in [0.15, 0.2) is 18.2 Å². The van der Waals surface area contributed by atoms with Crippen LogP contribution < -0.4 is 4.90 Å². The molecule has 0 N–H and O–H groups in total. The van der Waals surface area contributed by atoms with E-state index in [1.165, 1.54) is 38.2 Å². The molecular formula is C13H19FN2. The Labute approximate surface area is 96.5 Å². The lowest BCUT2D eigenvalue weighted by Gasteiger charge is -2.27. The van der Waals surface area contributed by atoms with Gasteiger partial charge in [-0.3, -0.25) is 0 Å². The third-order valence-electron chi connectivity index (χ3n) is 3.35. The first-order chi connectivity index (χ1) is 7.75. The van der Waals surface area contributed by atoms with E-state index < -0.39 is 5.95 Å². The molecule has 1 heterocycles. The molecule has 0 saturated heterocycles. The van der Waals surface area contributed by atoms with Crippen LogP contribution in [0.5, 0.6) is 0 Å². The van der Waals surface area contributed by atoms with Crippen molar-refractivity contribution in [1.29, 1.82) is 0 Å². The van der Waals surface area contributed by atoms with Crippen molar-refractivity contribution in [1.82, 2.24) is 4.98 Å². The van der Waals surface area contributed by atoms with Gasteiger partial charge in [0.1, 0.15) is 5.82 Å². The molecule has 0 atom stereocenters. The predicted octanol–water partition coefficient (Wildman–Crippen LogP) is 3.24. The van der Waals surface area contributed by atoms with E-state index in [0.29, 0.717) is 0 Å². The second-order valence-electron chi connectivity index (χ2n) is 4.70. The van der Waals surface area contributed by atoms with Gasteiger partial charge in [0.05, 0.1) is 0 Å². The maximum atomic E-state index is 13.0. The van der Waals surface area contributed by atoms with Crippen LogP contribution in [-0.2, 0) is 0 Å². The molecule has 3 heteroatoms. The lowest BCUT2D eigenvalue weighted by atomic mass is 9.89. The zero-order chi connectivity index (χ0) is 11.4. The molecule has 1 saturated carbocycles. The molecule has 1 aliphatic carbocycles. The average molecular weight is 222 g/mol. The highest BCUT2D eigenvalue weighted by Crippen LogP contribution is 2.25. The van der Waals surface area contributed by atoms with Gasteiger partial charge in [0.25, 0.3) is 0 Å². The fourth-order valence-corrected chi connectivity index (χ4v) is 2.46. The SMILES string of the molecule is CN(CC1CCCCC1)c1cccc(F)n1. The summed E-state index contributed by atoms with van der Waals surface area (Å²) in [6, 6.07) is 4.97. The van der Waals surface area contributed by atoms with Gasteiger partial charge in [-0.15, -0.1) is 0 Å². The third kappa shape index (κ3) is 2.94. The lowest BCUT2D eigenvalue weighted by Crippen LogP contribution is -2.27. The highest BCUT2D eigenvalue weighted by Gasteiger charge is 2.16. The largest absolute Gasteiger partial charge is 0.359 e. The standard InChI is InChI=1S/C13H19FN2/c1-16(10-11-6-3-2-4-7-11)13-9-5-8-12(14)15-13/h5,8-9,11H,2-4,6-7,10H2,1H3. The van der Waals surface area contributed by atoms with E-state index in [1.807, 2.05) is 13.1 Å². The van der Waals surface area contributed by atoms with E-state index in [2.05, 4.69) is 9.88 Å². The number of hydrogen-bond donors (Lipinski definition) is 0. The normalized spacial score (nSPS) is 17.4. The van der Waals surface area contributed by atoms with Crippen molar-refractivity contribution >= 4 is 5.82 Å². The second kappa shape index (κ2) is 5.28. The van der Waals surface area contributed by atoms with Crippen LogP contribution in [0, 0.1) is 11.9 Å². The van der Waals surface area contributed by atoms with Gasteiger partial charge in [0, 0.05) is 13.6 Å². The van der Waals surface area contributed by atoms with Crippen LogP contribution in [0.4, 0.5) is 10.2 Å². The molecule has 0 aliphatic heterocycles. The number of anilines is 1. The maximum absolute atomic E-state index is 13.0. The molecule has 0 aromatic carbocycles. The molecule has 1 fully saturated rings. The Morgan fingerprint density at radius 1 is 1.31 bits per heavy atom. The number of pyridine rings is 1. The zero-order valence-corrected chi connectivity index (χ0v) is 9.82. The van der Waals surface area contributed by atoms with E-state index in [4.69, 9.17) is 0 Å². The summed E-state index contributed by atoms with van der Waals surface area (Å²) in [6.07, 6.45) is 6.67. The van der Waals surface area contributed by atoms with E-state index in [0.717, 1.165) is 18.3 Å². The fraction of sp³-hybridized carbons (Fsp3) is 0.615. The number of hydrogen-bond acceptors (Lipinski definition) is 2. The van der Waals surface area contributed by atoms with Gasteiger partial charge in [-0.25, -0.2) is 4.98 Å². The summed E-state index contributed by atoms with van der Waals surface area (Å²) in [7, 11) is 2.00. The third-order valence-corrected chi connectivity index (χ3v) is 3.35. The van der Waals surface area contributed by atoms with Crippen molar-refractivity contribution in [3.8, 4) is 0 Å². The first-order valence-electron chi connectivity index (χ1n) is 6.09. The van der Waals surface area contributed by atoms with E-state index in [-0.39, 0.29) is 0 Å². The van der Waals surface area contributed by atoms with E-state index in [1.54, 1.807) is 6.07 Å². The summed E-state index contributed by atoms with van der Waals surface area (Å²) in [6.45, 7) is 0.996. The molecule has 0 radical (unpaired) electrons. The van der Waals surface area contributed by atoms with Gasteiger partial charge in [0.15, 0.2) is 0 Å². The van der Waals surface area contributed by atoms with Crippen LogP contribution >= 0.6 is 0 Å². The van der Waals surface area contributed by atoms with Gasteiger partial charge in [0.2, 0.25) is 5.95 Å². The number of nitrogens with zero attached hydrogens (tertiary/aromatic N) is 2. The molecule has 2 rings (SSSR count). The quantitative estimate of drug-likeness (QED) is 0.730. The highest BCUT2D eigenvalue weighted by molar-refractivity contribution is 5.36. The van der Waals surface area contributed by atoms with Crippen molar-refractivity contribution < 1.29 is 4.39 Å². The molecule has 16 heavy (non-hydrogen) atoms. The minimum Gasteiger partial charge on any atom is -0.359 e. The van der Waals surface area contributed by atoms with Crippen LogP contribution in [0.3, 0.4) is 0 Å². The topological polar surface area (TPSA) is 16.1 Å². The molecule has 88 valence electrons. The Morgan fingerprint density at radius 2 is 2.06 bits per heavy atom. The summed E-state index contributed by atoms with van der Waals surface area (Å²) in [5.41, 5.74) is 0. The molecule has 2 nitrogen and oxygen atoms in total. The Balaban J connectivity index is 1.94. The van der Waals surface area contributed by atoms with Crippen LogP contribution in [0.2, 0.25) is 0 Å². The monoisotopic (exact) mass is 222 g/mol. The van der Waals surface area contributed by atoms with Gasteiger partial charge in [-0.1, -0.05) is 25.3 Å². The fourth-order valence-electron chi connectivity index (χ4n) is 2.46. The Morgan fingerprint density at radius 3 is 2.75 bits per heavy atom. The van der Waals surface area contributed by atoms with Crippen molar-refractivity contribution in [2.45, 2.75) is 32.1 Å². The van der Waals surface area contributed by atoms with E-state index >= 15 is 0 Å². The number of halogens is 1. The van der Waals surface area contributed by atoms with Gasteiger partial charge in [-0.2, -0.15) is 4.39 Å². The molecule has 1 aromatic heterocycles. The number of rotatable bonds is 3. The molecular weight excluding hydrogens is 203 g/mol. The zero-order valence-electron chi connectivity index (χ0n) is 9.82. The maximum Gasteiger partial charge on any atom is 0.214 e. The summed E-state index contributed by atoms with van der Waals surface area (Å²) < 4.78 is 13.0. The summed E-state index contributed by atoms with van der Waals surface area (Å²) >= 11 is 0. The first kappa shape index (κ1) is 11.4. The van der Waals surface area contributed by atoms with Crippen LogP contribution in [-0.4, -0.2) is 18.6 Å². The van der Waals surface area contributed by atoms with Crippen molar-refractivity contribution in [2.24, 2.45) is 5.92 Å². The molecule has 0 bridgehead atoms. The average Bonchev–Trinajstić information content (AvgIpc) is 2.30. The minimum absolute atomic E-state index is 0.395. The van der Waals surface area contributed by atoms with Crippen molar-refractivity contribution in [3.05, 3.63) is 24.1 Å². The highest BCUT2D eigenvalue weighted by atomic mass is 19.1. The minimum atomic E-state index is -0.395. The summed E-state index contributed by atoms with van der Waals surface area (Å²) in [5, 5.41) is 0. The van der Waals surface area contributed by atoms with Gasteiger partial charge in [-0.05, 0) is 30.9 Å². The lowest BCUT2D eigenvalue weighted by molar-refractivity contribution is 0.361. The molecule has 1 aromatic rings. The Kier molecular flexibility index (Phi) is 3.75. The number of aromatic nitrogens is 1. The van der Waals surface area contributed by atoms with Crippen molar-refractivity contribution in [2.75, 3.05) is 18.5 Å². The van der Waals surface area contributed by atoms with Crippen molar-refractivity contribution in [3.63, 3.8) is 0 Å². The molecule has 0 unspecified atom stereocenters. The van der Waals surface area contributed by atoms with Gasteiger partial charge < -0.3 is 4.90 Å². The Bertz CT molecular complexity index is 334. The summed E-state index contributed by atoms with van der Waals surface area (Å²) in [5.74, 6) is 1.10. The van der Waals surface area contributed by atoms with Crippen LogP contribution in [0.25, 0.3) is 0 Å². The smallest absolute Gasteiger partial charge is 0.214 e. The predicted molar refractivity (Wildman–Crippen MR) is 64.0 cm³/mol. The summed E-state index contributed by atoms with van der Waals surface area (Å²) in [4.78, 5) is 5.97. The second-order valence-corrected chi connectivity index (χ2v) is 4.70. The Hall–Kier alpha value is -1.12. The van der Waals surface area contributed by atoms with Gasteiger partial charge >= 0.3 is 0 Å². The molecule has 0 amide bonds. The van der Waals surface area contributed by atoms with Crippen LogP contribution in [0.1, 0.15) is 32.1 Å². The molecule has 1 aliphatic rings. The molecule has 0 spiro atoms.